The van der Waals surface area contributed by atoms with Crippen LogP contribution in [0.4, 0.5) is 5.69 Å². The Morgan fingerprint density at radius 2 is 1.65 bits per heavy atom. The third kappa shape index (κ3) is 5.74. The van der Waals surface area contributed by atoms with Crippen LogP contribution in [0.1, 0.15) is 34.0 Å². The molecule has 8 nitrogen and oxygen atoms in total. The molecule has 0 aliphatic rings. The quantitative estimate of drug-likeness (QED) is 0.353. The van der Waals surface area contributed by atoms with Gasteiger partial charge in [-0.2, -0.15) is 10.4 Å². The molecule has 0 fully saturated rings. The highest BCUT2D eigenvalue weighted by Crippen LogP contribution is 2.18. The van der Waals surface area contributed by atoms with Crippen molar-refractivity contribution in [3.8, 4) is 11.8 Å². The molecular weight excluding hydrogens is 396 g/mol. The number of carbonyl (C=O) groups is 1. The molecule has 8 heteroatoms. The largest absolute Gasteiger partial charge is 0.489 e. The first-order valence-corrected chi connectivity index (χ1v) is 9.27. The molecular formula is C23H18N4O4. The minimum atomic E-state index is -0.469. The van der Waals surface area contributed by atoms with Gasteiger partial charge < -0.3 is 4.74 Å². The lowest BCUT2D eigenvalue weighted by molar-refractivity contribution is -0.384. The van der Waals surface area contributed by atoms with Gasteiger partial charge in [-0.3, -0.25) is 14.9 Å². The van der Waals surface area contributed by atoms with Crippen molar-refractivity contribution in [1.29, 1.82) is 5.26 Å². The van der Waals surface area contributed by atoms with Crippen LogP contribution in [0, 0.1) is 21.4 Å². The predicted octanol–water partition coefficient (Wildman–Crippen LogP) is 4.20. The molecule has 3 aromatic rings. The van der Waals surface area contributed by atoms with Gasteiger partial charge in [-0.25, -0.2) is 5.43 Å². The van der Waals surface area contributed by atoms with E-state index in [4.69, 9.17) is 10.00 Å². The Balaban J connectivity index is 1.55. The molecule has 3 aromatic carbocycles. The molecule has 0 radical (unpaired) electrons. The molecule has 0 atom stereocenters. The zero-order chi connectivity index (χ0) is 22.2. The number of nitro groups is 1. The zero-order valence-corrected chi connectivity index (χ0v) is 16.6. The molecule has 0 aliphatic heterocycles. The van der Waals surface area contributed by atoms with Crippen molar-refractivity contribution in [2.24, 2.45) is 5.10 Å². The number of rotatable bonds is 7. The van der Waals surface area contributed by atoms with Gasteiger partial charge in [-0.05, 0) is 54.4 Å². The third-order valence-electron chi connectivity index (χ3n) is 4.43. The summed E-state index contributed by atoms with van der Waals surface area (Å²) in [6.07, 6.45) is 0. The summed E-state index contributed by atoms with van der Waals surface area (Å²) in [7, 11) is 0. The number of hydrogen-bond donors (Lipinski definition) is 1. The Bertz CT molecular complexity index is 1150. The monoisotopic (exact) mass is 414 g/mol. The summed E-state index contributed by atoms with van der Waals surface area (Å²) in [5, 5.41) is 23.6. The molecule has 0 unspecified atom stereocenters. The van der Waals surface area contributed by atoms with E-state index in [1.165, 1.54) is 24.3 Å². The summed E-state index contributed by atoms with van der Waals surface area (Å²) in [5.41, 5.74) is 5.77. The van der Waals surface area contributed by atoms with E-state index in [9.17, 15) is 14.9 Å². The van der Waals surface area contributed by atoms with Gasteiger partial charge in [-0.1, -0.05) is 24.3 Å². The highest BCUT2D eigenvalue weighted by atomic mass is 16.6. The van der Waals surface area contributed by atoms with Crippen LogP contribution < -0.4 is 10.2 Å². The Labute approximate surface area is 178 Å². The number of benzene rings is 3. The van der Waals surface area contributed by atoms with E-state index in [1.54, 1.807) is 55.5 Å². The number of nitrogens with zero attached hydrogens (tertiary/aromatic N) is 3. The van der Waals surface area contributed by atoms with Crippen LogP contribution in [0.15, 0.2) is 77.9 Å². The maximum Gasteiger partial charge on any atom is 0.271 e. The van der Waals surface area contributed by atoms with Crippen LogP contribution in [0.3, 0.4) is 0 Å². The van der Waals surface area contributed by atoms with E-state index in [0.717, 1.165) is 11.1 Å². The van der Waals surface area contributed by atoms with E-state index < -0.39 is 4.92 Å². The van der Waals surface area contributed by atoms with Crippen molar-refractivity contribution < 1.29 is 14.5 Å². The number of amides is 1. The normalized spacial score (nSPS) is 10.8. The molecule has 0 saturated heterocycles. The molecule has 0 bridgehead atoms. The van der Waals surface area contributed by atoms with Crippen molar-refractivity contribution >= 4 is 17.3 Å². The summed E-state index contributed by atoms with van der Waals surface area (Å²) in [6, 6.07) is 21.6. The molecule has 31 heavy (non-hydrogen) atoms. The zero-order valence-electron chi connectivity index (χ0n) is 16.6. The Kier molecular flexibility index (Phi) is 6.71. The van der Waals surface area contributed by atoms with Crippen molar-refractivity contribution in [1.82, 2.24) is 5.43 Å². The number of ether oxygens (including phenoxy) is 1. The predicted molar refractivity (Wildman–Crippen MR) is 115 cm³/mol. The summed E-state index contributed by atoms with van der Waals surface area (Å²) in [5.74, 6) is 0.163. The number of hydrazone groups is 1. The summed E-state index contributed by atoms with van der Waals surface area (Å²) in [4.78, 5) is 22.5. The lowest BCUT2D eigenvalue weighted by Gasteiger charge is -2.07. The number of carbonyl (C=O) groups excluding carboxylic acids is 1. The van der Waals surface area contributed by atoms with Crippen LogP contribution in [-0.2, 0) is 6.61 Å². The fraction of sp³-hybridized carbons (Fsp3) is 0.0870. The van der Waals surface area contributed by atoms with Gasteiger partial charge in [0, 0.05) is 17.7 Å². The van der Waals surface area contributed by atoms with E-state index in [1.807, 2.05) is 0 Å². The molecule has 1 amide bonds. The van der Waals surface area contributed by atoms with Crippen LogP contribution in [0.2, 0.25) is 0 Å². The number of nitrogens with one attached hydrogen (secondary N) is 1. The average molecular weight is 414 g/mol. The van der Waals surface area contributed by atoms with Crippen LogP contribution >= 0.6 is 0 Å². The summed E-state index contributed by atoms with van der Waals surface area (Å²) >= 11 is 0. The second kappa shape index (κ2) is 9.80. The fourth-order valence-electron chi connectivity index (χ4n) is 2.63. The molecule has 3 rings (SSSR count). The van der Waals surface area contributed by atoms with E-state index in [2.05, 4.69) is 16.6 Å². The summed E-state index contributed by atoms with van der Waals surface area (Å²) < 4.78 is 5.61. The average Bonchev–Trinajstić information content (AvgIpc) is 2.81. The van der Waals surface area contributed by atoms with Gasteiger partial charge in [0.05, 0.1) is 22.3 Å². The van der Waals surface area contributed by atoms with Crippen LogP contribution in [-0.4, -0.2) is 16.5 Å². The van der Waals surface area contributed by atoms with Gasteiger partial charge >= 0.3 is 0 Å². The second-order valence-corrected chi connectivity index (χ2v) is 6.56. The van der Waals surface area contributed by atoms with E-state index >= 15 is 0 Å². The first-order valence-electron chi connectivity index (χ1n) is 9.27. The van der Waals surface area contributed by atoms with Gasteiger partial charge in [0.2, 0.25) is 0 Å². The molecule has 0 spiro atoms. The lowest BCUT2D eigenvalue weighted by Crippen LogP contribution is -2.19. The first-order chi connectivity index (χ1) is 15.0. The molecule has 0 aliphatic carbocycles. The Morgan fingerprint density at radius 3 is 2.23 bits per heavy atom. The smallest absolute Gasteiger partial charge is 0.271 e. The molecule has 0 heterocycles. The molecule has 0 aromatic heterocycles. The Morgan fingerprint density at radius 1 is 1.03 bits per heavy atom. The van der Waals surface area contributed by atoms with Crippen molar-refractivity contribution in [3.63, 3.8) is 0 Å². The number of nitriles is 1. The lowest BCUT2D eigenvalue weighted by atomic mass is 10.1. The van der Waals surface area contributed by atoms with Crippen LogP contribution in [0.5, 0.6) is 5.75 Å². The number of hydrogen-bond acceptors (Lipinski definition) is 6. The SMILES string of the molecule is C/C(=N/NC(=O)c1ccc(COc2ccc([N+](=O)[O-])cc2)cc1)c1ccc(C#N)cc1. The van der Waals surface area contributed by atoms with E-state index in [-0.39, 0.29) is 18.2 Å². The molecule has 1 N–H and O–H groups in total. The fourth-order valence-corrected chi connectivity index (χ4v) is 2.63. The van der Waals surface area contributed by atoms with Crippen molar-refractivity contribution in [2.45, 2.75) is 13.5 Å². The van der Waals surface area contributed by atoms with Crippen molar-refractivity contribution in [2.75, 3.05) is 0 Å². The minimum Gasteiger partial charge on any atom is -0.489 e. The molecule has 154 valence electrons. The highest BCUT2D eigenvalue weighted by molar-refractivity contribution is 6.00. The van der Waals surface area contributed by atoms with Gasteiger partial charge in [-0.15, -0.1) is 0 Å². The van der Waals surface area contributed by atoms with E-state index in [0.29, 0.717) is 22.6 Å². The Hall–Kier alpha value is -4.51. The number of non-ortho nitro benzene ring substituents is 1. The van der Waals surface area contributed by atoms with Gasteiger partial charge in [0.25, 0.3) is 11.6 Å². The van der Waals surface area contributed by atoms with Gasteiger partial charge in [0.1, 0.15) is 12.4 Å². The molecule has 0 saturated carbocycles. The first kappa shape index (κ1) is 21.2. The topological polar surface area (TPSA) is 118 Å². The summed E-state index contributed by atoms with van der Waals surface area (Å²) in [6.45, 7) is 2.02. The maximum absolute atomic E-state index is 12.3. The highest BCUT2D eigenvalue weighted by Gasteiger charge is 2.07. The van der Waals surface area contributed by atoms with Gasteiger partial charge in [0.15, 0.2) is 0 Å². The minimum absolute atomic E-state index is 0.000191. The standard InChI is InChI=1S/C23H18N4O4/c1-16(19-6-2-17(14-24)3-7-19)25-26-23(28)20-8-4-18(5-9-20)15-31-22-12-10-21(11-13-22)27(29)30/h2-13H,15H2,1H3,(H,26,28)/b25-16-. The third-order valence-corrected chi connectivity index (χ3v) is 4.43. The van der Waals surface area contributed by atoms with Crippen molar-refractivity contribution in [3.05, 3.63) is 105 Å². The van der Waals surface area contributed by atoms with Crippen LogP contribution in [0.25, 0.3) is 0 Å². The number of nitro benzene ring substituents is 1. The second-order valence-electron chi connectivity index (χ2n) is 6.56. The maximum atomic E-state index is 12.3.